The maximum atomic E-state index is 10.4. The van der Waals surface area contributed by atoms with Crippen molar-refractivity contribution >= 4 is 0 Å². The molecule has 0 saturated heterocycles. The SMILES string of the molecule is CCc1occc1C(O)c1ccc(OC)c(C)c1. The average molecular weight is 246 g/mol. The molecule has 3 nitrogen and oxygen atoms in total. The number of furan rings is 1. The fourth-order valence-electron chi connectivity index (χ4n) is 2.13. The van der Waals surface area contributed by atoms with Gasteiger partial charge in [-0.2, -0.15) is 0 Å². The van der Waals surface area contributed by atoms with Gasteiger partial charge < -0.3 is 14.3 Å². The smallest absolute Gasteiger partial charge is 0.121 e. The predicted molar refractivity (Wildman–Crippen MR) is 69.9 cm³/mol. The van der Waals surface area contributed by atoms with Crippen molar-refractivity contribution in [3.8, 4) is 5.75 Å². The van der Waals surface area contributed by atoms with Gasteiger partial charge in [0.1, 0.15) is 17.6 Å². The summed E-state index contributed by atoms with van der Waals surface area (Å²) in [6.45, 7) is 3.97. The van der Waals surface area contributed by atoms with Crippen LogP contribution in [-0.2, 0) is 6.42 Å². The number of methoxy groups -OCH3 is 1. The molecular weight excluding hydrogens is 228 g/mol. The standard InChI is InChI=1S/C15H18O3/c1-4-13-12(7-8-18-13)15(16)11-5-6-14(17-3)10(2)9-11/h5-9,15-16H,4H2,1-3H3. The second-order valence-corrected chi connectivity index (χ2v) is 4.28. The second kappa shape index (κ2) is 5.27. The van der Waals surface area contributed by atoms with Gasteiger partial charge in [0.15, 0.2) is 0 Å². The van der Waals surface area contributed by atoms with Crippen molar-refractivity contribution in [3.05, 3.63) is 53.0 Å². The van der Waals surface area contributed by atoms with E-state index >= 15 is 0 Å². The summed E-state index contributed by atoms with van der Waals surface area (Å²) >= 11 is 0. The highest BCUT2D eigenvalue weighted by atomic mass is 16.5. The molecule has 0 fully saturated rings. The van der Waals surface area contributed by atoms with Crippen molar-refractivity contribution in [1.82, 2.24) is 0 Å². The van der Waals surface area contributed by atoms with Crippen molar-refractivity contribution in [2.45, 2.75) is 26.4 Å². The number of aliphatic hydroxyl groups is 1. The van der Waals surface area contributed by atoms with Crippen LogP contribution in [0.2, 0.25) is 0 Å². The molecule has 1 aromatic heterocycles. The van der Waals surface area contributed by atoms with Crippen LogP contribution in [0, 0.1) is 6.92 Å². The Morgan fingerprint density at radius 2 is 2.11 bits per heavy atom. The maximum absolute atomic E-state index is 10.4. The Bertz CT molecular complexity index is 528. The second-order valence-electron chi connectivity index (χ2n) is 4.28. The molecule has 0 radical (unpaired) electrons. The number of ether oxygens (including phenoxy) is 1. The van der Waals surface area contributed by atoms with Crippen molar-refractivity contribution in [2.75, 3.05) is 7.11 Å². The summed E-state index contributed by atoms with van der Waals surface area (Å²) < 4.78 is 10.6. The van der Waals surface area contributed by atoms with E-state index < -0.39 is 6.10 Å². The minimum Gasteiger partial charge on any atom is -0.496 e. The molecule has 0 saturated carbocycles. The van der Waals surface area contributed by atoms with E-state index in [4.69, 9.17) is 9.15 Å². The van der Waals surface area contributed by atoms with Gasteiger partial charge in [-0.05, 0) is 36.2 Å². The molecule has 0 aliphatic carbocycles. The minimum atomic E-state index is -0.650. The van der Waals surface area contributed by atoms with Gasteiger partial charge >= 0.3 is 0 Å². The van der Waals surface area contributed by atoms with Crippen molar-refractivity contribution < 1.29 is 14.3 Å². The molecule has 1 aromatic carbocycles. The molecule has 0 spiro atoms. The Morgan fingerprint density at radius 1 is 1.33 bits per heavy atom. The van der Waals surface area contributed by atoms with Crippen molar-refractivity contribution in [3.63, 3.8) is 0 Å². The molecule has 1 unspecified atom stereocenters. The number of aryl methyl sites for hydroxylation is 2. The maximum Gasteiger partial charge on any atom is 0.121 e. The third kappa shape index (κ3) is 2.27. The van der Waals surface area contributed by atoms with E-state index in [1.54, 1.807) is 13.4 Å². The molecule has 96 valence electrons. The monoisotopic (exact) mass is 246 g/mol. The average Bonchev–Trinajstić information content (AvgIpc) is 2.86. The topological polar surface area (TPSA) is 42.6 Å². The van der Waals surface area contributed by atoms with Crippen molar-refractivity contribution in [1.29, 1.82) is 0 Å². The van der Waals surface area contributed by atoms with Crippen LogP contribution in [0.15, 0.2) is 34.9 Å². The lowest BCUT2D eigenvalue weighted by molar-refractivity contribution is 0.217. The van der Waals surface area contributed by atoms with Gasteiger partial charge in [0.2, 0.25) is 0 Å². The van der Waals surface area contributed by atoms with Crippen LogP contribution in [0.25, 0.3) is 0 Å². The molecule has 0 bridgehead atoms. The lowest BCUT2D eigenvalue weighted by Gasteiger charge is -2.13. The lowest BCUT2D eigenvalue weighted by atomic mass is 9.99. The summed E-state index contributed by atoms with van der Waals surface area (Å²) in [7, 11) is 1.64. The molecule has 0 aliphatic heterocycles. The van der Waals surface area contributed by atoms with Gasteiger partial charge in [0, 0.05) is 12.0 Å². The minimum absolute atomic E-state index is 0.650. The zero-order chi connectivity index (χ0) is 13.1. The molecule has 3 heteroatoms. The largest absolute Gasteiger partial charge is 0.496 e. The summed E-state index contributed by atoms with van der Waals surface area (Å²) in [6, 6.07) is 7.52. The third-order valence-electron chi connectivity index (χ3n) is 3.13. The Labute approximate surface area is 107 Å². The molecule has 1 heterocycles. The molecule has 18 heavy (non-hydrogen) atoms. The number of hydrogen-bond donors (Lipinski definition) is 1. The summed E-state index contributed by atoms with van der Waals surface area (Å²) in [6.07, 6.45) is 1.74. The van der Waals surface area contributed by atoms with E-state index in [9.17, 15) is 5.11 Å². The van der Waals surface area contributed by atoms with E-state index in [-0.39, 0.29) is 0 Å². The van der Waals surface area contributed by atoms with Crippen LogP contribution in [0.3, 0.4) is 0 Å². The lowest BCUT2D eigenvalue weighted by Crippen LogP contribution is -2.02. The molecule has 0 amide bonds. The molecule has 0 aliphatic rings. The number of aliphatic hydroxyl groups excluding tert-OH is 1. The van der Waals surface area contributed by atoms with E-state index in [1.165, 1.54) is 0 Å². The zero-order valence-electron chi connectivity index (χ0n) is 10.9. The van der Waals surface area contributed by atoms with Crippen LogP contribution in [0.5, 0.6) is 5.75 Å². The van der Waals surface area contributed by atoms with Crippen LogP contribution in [0.4, 0.5) is 0 Å². The van der Waals surface area contributed by atoms with E-state index in [0.29, 0.717) is 0 Å². The molecule has 2 rings (SSSR count). The predicted octanol–water partition coefficient (Wildman–Crippen LogP) is 3.24. The molecule has 2 aromatic rings. The van der Waals surface area contributed by atoms with E-state index in [1.807, 2.05) is 38.1 Å². The first-order valence-electron chi connectivity index (χ1n) is 6.06. The van der Waals surface area contributed by atoms with E-state index in [0.717, 1.165) is 34.6 Å². The Balaban J connectivity index is 2.34. The highest BCUT2D eigenvalue weighted by Gasteiger charge is 2.17. The zero-order valence-corrected chi connectivity index (χ0v) is 10.9. The first kappa shape index (κ1) is 12.7. The summed E-state index contributed by atoms with van der Waals surface area (Å²) in [5.41, 5.74) is 2.70. The van der Waals surface area contributed by atoms with Crippen LogP contribution < -0.4 is 4.74 Å². The Kier molecular flexibility index (Phi) is 3.72. The summed E-state index contributed by atoms with van der Waals surface area (Å²) in [5, 5.41) is 10.4. The van der Waals surface area contributed by atoms with Crippen molar-refractivity contribution in [2.24, 2.45) is 0 Å². The molecule has 1 atom stereocenters. The fraction of sp³-hybridized carbons (Fsp3) is 0.333. The van der Waals surface area contributed by atoms with Crippen LogP contribution in [-0.4, -0.2) is 12.2 Å². The summed E-state index contributed by atoms with van der Waals surface area (Å²) in [5.74, 6) is 1.66. The number of benzene rings is 1. The number of hydrogen-bond acceptors (Lipinski definition) is 3. The molecule has 1 N–H and O–H groups in total. The normalized spacial score (nSPS) is 12.4. The highest BCUT2D eigenvalue weighted by molar-refractivity contribution is 5.40. The third-order valence-corrected chi connectivity index (χ3v) is 3.13. The summed E-state index contributed by atoms with van der Waals surface area (Å²) in [4.78, 5) is 0. The van der Waals surface area contributed by atoms with Gasteiger partial charge in [0.05, 0.1) is 13.4 Å². The Morgan fingerprint density at radius 3 is 2.72 bits per heavy atom. The van der Waals surface area contributed by atoms with Gasteiger partial charge in [0.25, 0.3) is 0 Å². The molecular formula is C15H18O3. The highest BCUT2D eigenvalue weighted by Crippen LogP contribution is 2.29. The Hall–Kier alpha value is -1.74. The van der Waals surface area contributed by atoms with Crippen LogP contribution in [0.1, 0.15) is 35.5 Å². The van der Waals surface area contributed by atoms with Gasteiger partial charge in [-0.25, -0.2) is 0 Å². The quantitative estimate of drug-likeness (QED) is 0.900. The van der Waals surface area contributed by atoms with Gasteiger partial charge in [-0.1, -0.05) is 13.0 Å². The van der Waals surface area contributed by atoms with Gasteiger partial charge in [-0.15, -0.1) is 0 Å². The van der Waals surface area contributed by atoms with Gasteiger partial charge in [-0.3, -0.25) is 0 Å². The van der Waals surface area contributed by atoms with Crippen LogP contribution >= 0.6 is 0 Å². The number of rotatable bonds is 4. The fourth-order valence-corrected chi connectivity index (χ4v) is 2.13. The first-order valence-corrected chi connectivity index (χ1v) is 6.06. The first-order chi connectivity index (χ1) is 8.67. The van der Waals surface area contributed by atoms with E-state index in [2.05, 4.69) is 0 Å².